The van der Waals surface area contributed by atoms with Crippen LogP contribution in [0.5, 0.6) is 28.7 Å². The van der Waals surface area contributed by atoms with Crippen LogP contribution in [-0.4, -0.2) is 39.9 Å². The van der Waals surface area contributed by atoms with Gasteiger partial charge in [-0.15, -0.1) is 0 Å². The maximum atomic E-state index is 14.1. The van der Waals surface area contributed by atoms with Crippen molar-refractivity contribution < 1.29 is 28.5 Å². The minimum absolute atomic E-state index is 0.278. The minimum atomic E-state index is -0.446. The molecule has 1 amide bonds. The van der Waals surface area contributed by atoms with Gasteiger partial charge in [0.15, 0.2) is 11.5 Å². The van der Waals surface area contributed by atoms with Crippen LogP contribution in [0.15, 0.2) is 60.7 Å². The van der Waals surface area contributed by atoms with Gasteiger partial charge in [0.25, 0.3) is 5.91 Å². The van der Waals surface area contributed by atoms with Gasteiger partial charge in [0.1, 0.15) is 22.8 Å². The molecule has 1 aliphatic heterocycles. The number of ether oxygens (including phenoxy) is 5. The fourth-order valence-corrected chi connectivity index (χ4v) is 4.02. The van der Waals surface area contributed by atoms with Crippen LogP contribution < -0.4 is 28.6 Å². The zero-order valence-corrected chi connectivity index (χ0v) is 20.7. The third-order valence-electron chi connectivity index (χ3n) is 5.77. The van der Waals surface area contributed by atoms with Crippen LogP contribution in [0.4, 0.5) is 11.4 Å². The van der Waals surface area contributed by atoms with E-state index in [9.17, 15) is 4.79 Å². The molecule has 0 spiro atoms. The van der Waals surface area contributed by atoms with Gasteiger partial charge in [-0.2, -0.15) is 0 Å². The number of carbonyl (C=O) groups is 1. The second-order valence-electron chi connectivity index (χ2n) is 8.47. The summed E-state index contributed by atoms with van der Waals surface area (Å²) in [5.74, 6) is 2.58. The van der Waals surface area contributed by atoms with Gasteiger partial charge >= 0.3 is 0 Å². The Morgan fingerprint density at radius 1 is 0.800 bits per heavy atom. The van der Waals surface area contributed by atoms with Gasteiger partial charge in [0, 0.05) is 11.8 Å². The van der Waals surface area contributed by atoms with Crippen molar-refractivity contribution in [2.75, 3.05) is 33.3 Å². The van der Waals surface area contributed by atoms with E-state index in [1.54, 1.807) is 75.8 Å². The lowest BCUT2D eigenvalue weighted by molar-refractivity contribution is 0.0996. The molecule has 1 aliphatic rings. The highest BCUT2D eigenvalue weighted by atomic mass is 16.5. The minimum Gasteiger partial charge on any atom is -0.497 e. The summed E-state index contributed by atoms with van der Waals surface area (Å²) in [7, 11) is 6.27. The van der Waals surface area contributed by atoms with Crippen molar-refractivity contribution in [1.29, 1.82) is 0 Å². The van der Waals surface area contributed by atoms with Crippen molar-refractivity contribution in [1.82, 2.24) is 0 Å². The van der Waals surface area contributed by atoms with Crippen LogP contribution in [0.3, 0.4) is 0 Å². The Morgan fingerprint density at radius 3 is 2.11 bits per heavy atom. The molecule has 182 valence electrons. The van der Waals surface area contributed by atoms with Gasteiger partial charge in [0.2, 0.25) is 0 Å². The lowest BCUT2D eigenvalue weighted by atomic mass is 9.98. The van der Waals surface area contributed by atoms with Crippen molar-refractivity contribution in [3.05, 3.63) is 71.8 Å². The third kappa shape index (κ3) is 4.62. The van der Waals surface area contributed by atoms with E-state index in [0.29, 0.717) is 45.7 Å². The first-order valence-electron chi connectivity index (χ1n) is 11.1. The predicted molar refractivity (Wildman–Crippen MR) is 136 cm³/mol. The highest BCUT2D eigenvalue weighted by Gasteiger charge is 2.29. The summed E-state index contributed by atoms with van der Waals surface area (Å²) in [6, 6.07) is 16.1. The first-order valence-corrected chi connectivity index (χ1v) is 11.1. The number of rotatable bonds is 7. The number of hydrogen-bond donors (Lipinski definition) is 0. The third-order valence-corrected chi connectivity index (χ3v) is 5.77. The molecule has 0 aromatic heterocycles. The zero-order valence-electron chi connectivity index (χ0n) is 20.7. The van der Waals surface area contributed by atoms with Gasteiger partial charge in [-0.3, -0.25) is 9.69 Å². The first-order chi connectivity index (χ1) is 16.8. The van der Waals surface area contributed by atoms with Crippen molar-refractivity contribution in [3.63, 3.8) is 0 Å². The van der Waals surface area contributed by atoms with E-state index < -0.39 is 5.60 Å². The Balaban J connectivity index is 1.86. The molecule has 0 aliphatic carbocycles. The monoisotopic (exact) mass is 475 g/mol. The molecule has 0 radical (unpaired) electrons. The zero-order chi connectivity index (χ0) is 25.2. The molecule has 0 saturated carbocycles. The van der Waals surface area contributed by atoms with Gasteiger partial charge in [-0.25, -0.2) is 0 Å². The molecule has 4 rings (SSSR count). The molecule has 35 heavy (non-hydrogen) atoms. The summed E-state index contributed by atoms with van der Waals surface area (Å²) in [6.07, 6.45) is 3.88. The Morgan fingerprint density at radius 2 is 1.49 bits per heavy atom. The highest BCUT2D eigenvalue weighted by Crippen LogP contribution is 2.42. The van der Waals surface area contributed by atoms with E-state index >= 15 is 0 Å². The van der Waals surface area contributed by atoms with E-state index in [0.717, 1.165) is 5.56 Å². The topological polar surface area (TPSA) is 66.5 Å². The second-order valence-corrected chi connectivity index (χ2v) is 8.47. The summed E-state index contributed by atoms with van der Waals surface area (Å²) >= 11 is 0. The van der Waals surface area contributed by atoms with Crippen molar-refractivity contribution in [3.8, 4) is 28.7 Å². The highest BCUT2D eigenvalue weighted by molar-refractivity contribution is 6.13. The van der Waals surface area contributed by atoms with Crippen LogP contribution >= 0.6 is 0 Å². The summed E-state index contributed by atoms with van der Waals surface area (Å²) in [5.41, 5.74) is 1.92. The molecule has 0 fully saturated rings. The van der Waals surface area contributed by atoms with Crippen molar-refractivity contribution in [2.45, 2.75) is 19.4 Å². The number of benzene rings is 3. The molecule has 7 heteroatoms. The van der Waals surface area contributed by atoms with E-state index in [-0.39, 0.29) is 5.91 Å². The SMILES string of the molecule is COc1ccc(N(C(=O)c2ccc3c(c2OC)C=CC(C)(C)O3)c2ccc(OC)c(OC)c2)cc1. The average Bonchev–Trinajstić information content (AvgIpc) is 2.87. The number of amides is 1. The van der Waals surface area contributed by atoms with E-state index in [1.165, 1.54) is 0 Å². The quantitative estimate of drug-likeness (QED) is 0.425. The first kappa shape index (κ1) is 24.0. The number of nitrogens with zero attached hydrogens (tertiary/aromatic N) is 1. The fourth-order valence-electron chi connectivity index (χ4n) is 4.02. The van der Waals surface area contributed by atoms with E-state index in [2.05, 4.69) is 0 Å². The maximum absolute atomic E-state index is 14.1. The Bertz CT molecular complexity index is 1260. The van der Waals surface area contributed by atoms with Crippen LogP contribution in [0.2, 0.25) is 0 Å². The summed E-state index contributed by atoms with van der Waals surface area (Å²) in [6.45, 7) is 3.95. The lowest BCUT2D eigenvalue weighted by Gasteiger charge is -2.30. The maximum Gasteiger partial charge on any atom is 0.266 e. The average molecular weight is 476 g/mol. The molecule has 3 aromatic rings. The number of fused-ring (bicyclic) bond motifs is 1. The molecule has 0 atom stereocenters. The lowest BCUT2D eigenvalue weighted by Crippen LogP contribution is -2.29. The molecule has 0 N–H and O–H groups in total. The van der Waals surface area contributed by atoms with Gasteiger partial charge in [-0.1, -0.05) is 0 Å². The second kappa shape index (κ2) is 9.62. The molecule has 0 bridgehead atoms. The molecule has 0 unspecified atom stereocenters. The Hall–Kier alpha value is -4.13. The standard InChI is InChI=1S/C28H29NO6/c1-28(2)16-15-21-23(35-28)14-12-22(26(21)34-6)27(30)29(18-7-10-20(31-3)11-8-18)19-9-13-24(32-4)25(17-19)33-5/h7-17H,1-6H3. The molecule has 7 nitrogen and oxygen atoms in total. The fraction of sp³-hybridized carbons (Fsp3) is 0.250. The molecule has 3 aromatic carbocycles. The van der Waals surface area contributed by atoms with Gasteiger partial charge in [0.05, 0.1) is 45.3 Å². The van der Waals surface area contributed by atoms with E-state index in [1.807, 2.05) is 38.1 Å². The van der Waals surface area contributed by atoms with Crippen LogP contribution in [0.1, 0.15) is 29.8 Å². The summed E-state index contributed by atoms with van der Waals surface area (Å²) in [4.78, 5) is 15.7. The van der Waals surface area contributed by atoms with Crippen LogP contribution in [0, 0.1) is 0 Å². The largest absolute Gasteiger partial charge is 0.497 e. The Labute approximate surface area is 205 Å². The van der Waals surface area contributed by atoms with Crippen LogP contribution in [-0.2, 0) is 0 Å². The summed E-state index contributed by atoms with van der Waals surface area (Å²) < 4.78 is 28.0. The molecular formula is C28H29NO6. The smallest absolute Gasteiger partial charge is 0.266 e. The molecule has 1 heterocycles. The predicted octanol–water partition coefficient (Wildman–Crippen LogP) is 5.88. The molecular weight excluding hydrogens is 446 g/mol. The normalized spacial score (nSPS) is 13.3. The summed E-state index contributed by atoms with van der Waals surface area (Å²) in [5, 5.41) is 0. The number of hydrogen-bond acceptors (Lipinski definition) is 6. The van der Waals surface area contributed by atoms with Crippen molar-refractivity contribution >= 4 is 23.4 Å². The van der Waals surface area contributed by atoms with Gasteiger partial charge < -0.3 is 23.7 Å². The van der Waals surface area contributed by atoms with Crippen molar-refractivity contribution in [2.24, 2.45) is 0 Å². The Kier molecular flexibility index (Phi) is 6.60. The van der Waals surface area contributed by atoms with Gasteiger partial charge in [-0.05, 0) is 74.5 Å². The number of methoxy groups -OCH3 is 4. The number of carbonyl (C=O) groups excluding carboxylic acids is 1. The van der Waals surface area contributed by atoms with Crippen LogP contribution in [0.25, 0.3) is 6.08 Å². The van der Waals surface area contributed by atoms with E-state index in [4.69, 9.17) is 23.7 Å². The molecule has 0 saturated heterocycles. The number of anilines is 2.